The third kappa shape index (κ3) is 5.19. The number of rotatable bonds is 3. The molecular weight excluding hydrogens is 418 g/mol. The first-order valence-electron chi connectivity index (χ1n) is 12.4. The first kappa shape index (κ1) is 24.0. The highest BCUT2D eigenvalue weighted by Crippen LogP contribution is 2.48. The molecular formula is C26H39N3O4. The first-order valence-corrected chi connectivity index (χ1v) is 12.4. The molecule has 0 radical (unpaired) electrons. The largest absolute Gasteiger partial charge is 0.443 e. The summed E-state index contributed by atoms with van der Waals surface area (Å²) in [4.78, 5) is 27.7. The summed E-state index contributed by atoms with van der Waals surface area (Å²) in [5, 5.41) is 3.01. The van der Waals surface area contributed by atoms with Crippen molar-refractivity contribution in [1.29, 1.82) is 0 Å². The van der Waals surface area contributed by atoms with Crippen molar-refractivity contribution < 1.29 is 19.1 Å². The zero-order valence-electron chi connectivity index (χ0n) is 20.5. The van der Waals surface area contributed by atoms with E-state index >= 15 is 0 Å². The quantitative estimate of drug-likeness (QED) is 0.693. The van der Waals surface area contributed by atoms with Crippen LogP contribution in [0.15, 0.2) is 18.2 Å². The van der Waals surface area contributed by atoms with Crippen molar-refractivity contribution in [3.63, 3.8) is 0 Å². The summed E-state index contributed by atoms with van der Waals surface area (Å²) in [6.07, 6.45) is 5.60. The van der Waals surface area contributed by atoms with Crippen LogP contribution >= 0.6 is 0 Å². The number of nitrogens with one attached hydrogen (secondary N) is 1. The van der Waals surface area contributed by atoms with Crippen LogP contribution in [0.2, 0.25) is 0 Å². The molecule has 3 aliphatic rings. The van der Waals surface area contributed by atoms with Gasteiger partial charge in [0.25, 0.3) is 0 Å². The van der Waals surface area contributed by atoms with Gasteiger partial charge in [-0.2, -0.15) is 0 Å². The van der Waals surface area contributed by atoms with Crippen molar-refractivity contribution in [3.05, 3.63) is 23.8 Å². The summed E-state index contributed by atoms with van der Waals surface area (Å²) in [5.41, 5.74) is 8.22. The maximum absolute atomic E-state index is 13.1. The second kappa shape index (κ2) is 9.26. The van der Waals surface area contributed by atoms with E-state index in [1.165, 1.54) is 0 Å². The molecule has 1 aromatic rings. The van der Waals surface area contributed by atoms with Gasteiger partial charge in [0.2, 0.25) is 5.91 Å². The van der Waals surface area contributed by atoms with E-state index in [1.807, 2.05) is 32.9 Å². The van der Waals surface area contributed by atoms with Gasteiger partial charge in [0.05, 0.1) is 11.7 Å². The lowest BCUT2D eigenvalue weighted by Crippen LogP contribution is -2.43. The standard InChI is InChI=1S/C26H39N3O4/c1-17-5-7-18(8-6-17)22(27)23(30)28-19-9-10-20-21(15-19)29(24(31)33-25(2,3)4)16-26(20)11-13-32-14-12-26/h9-10,15,17-18,22H,5-8,11-14,16,27H2,1-4H3,(H,28,30)/t17-,18-,22-/m0/s1. The molecule has 7 heteroatoms. The normalized spacial score (nSPS) is 25.4. The van der Waals surface area contributed by atoms with Crippen LogP contribution in [-0.4, -0.2) is 43.4 Å². The van der Waals surface area contributed by atoms with E-state index in [0.29, 0.717) is 31.4 Å². The highest BCUT2D eigenvalue weighted by molar-refractivity contribution is 5.97. The number of hydrogen-bond acceptors (Lipinski definition) is 5. The summed E-state index contributed by atoms with van der Waals surface area (Å²) in [5.74, 6) is 0.779. The number of hydrogen-bond donors (Lipinski definition) is 2. The van der Waals surface area contributed by atoms with Gasteiger partial charge in [-0.25, -0.2) is 4.79 Å². The Morgan fingerprint density at radius 1 is 1.18 bits per heavy atom. The molecule has 1 atom stereocenters. The molecule has 1 saturated carbocycles. The molecule has 182 valence electrons. The second-order valence-corrected chi connectivity index (χ2v) is 11.2. The summed E-state index contributed by atoms with van der Waals surface area (Å²) < 4.78 is 11.3. The SMILES string of the molecule is CC(C)(C)OC(=O)N1CC2(CCOCC2)c2ccc(NC(=O)[C@@H](N)[C@H]3CC[C@H](C)CC3)cc21. The van der Waals surface area contributed by atoms with E-state index in [0.717, 1.165) is 49.8 Å². The van der Waals surface area contributed by atoms with E-state index in [-0.39, 0.29) is 23.3 Å². The van der Waals surface area contributed by atoms with Crippen molar-refractivity contribution >= 4 is 23.4 Å². The van der Waals surface area contributed by atoms with Crippen LogP contribution in [0.5, 0.6) is 0 Å². The van der Waals surface area contributed by atoms with Gasteiger partial charge in [-0.05, 0) is 76.0 Å². The van der Waals surface area contributed by atoms with E-state index in [9.17, 15) is 9.59 Å². The summed E-state index contributed by atoms with van der Waals surface area (Å²) in [7, 11) is 0. The third-order valence-corrected chi connectivity index (χ3v) is 7.52. The van der Waals surface area contributed by atoms with Crippen molar-refractivity contribution in [2.24, 2.45) is 17.6 Å². The number of carbonyl (C=O) groups excluding carboxylic acids is 2. The van der Waals surface area contributed by atoms with Gasteiger partial charge in [0, 0.05) is 30.9 Å². The Bertz CT molecular complexity index is 880. The van der Waals surface area contributed by atoms with Gasteiger partial charge < -0.3 is 20.5 Å². The van der Waals surface area contributed by atoms with Crippen LogP contribution in [0.1, 0.15) is 71.8 Å². The average Bonchev–Trinajstić information content (AvgIpc) is 3.06. The minimum atomic E-state index is -0.585. The Balaban J connectivity index is 1.55. The van der Waals surface area contributed by atoms with Gasteiger partial charge in [-0.15, -0.1) is 0 Å². The highest BCUT2D eigenvalue weighted by Gasteiger charge is 2.46. The fraction of sp³-hybridized carbons (Fsp3) is 0.692. The number of amides is 2. The molecule has 1 saturated heterocycles. The molecule has 0 bridgehead atoms. The van der Waals surface area contributed by atoms with E-state index < -0.39 is 11.6 Å². The van der Waals surface area contributed by atoms with Gasteiger partial charge in [0.1, 0.15) is 5.60 Å². The molecule has 33 heavy (non-hydrogen) atoms. The molecule has 0 unspecified atom stereocenters. The van der Waals surface area contributed by atoms with Crippen LogP contribution in [-0.2, 0) is 19.7 Å². The molecule has 3 N–H and O–H groups in total. The molecule has 1 spiro atoms. The molecule has 0 aromatic heterocycles. The van der Waals surface area contributed by atoms with E-state index in [4.69, 9.17) is 15.2 Å². The third-order valence-electron chi connectivity index (χ3n) is 7.52. The maximum atomic E-state index is 13.1. The van der Waals surface area contributed by atoms with Gasteiger partial charge in [-0.1, -0.05) is 25.8 Å². The number of ether oxygens (including phenoxy) is 2. The molecule has 1 aromatic carbocycles. The number of fused-ring (bicyclic) bond motifs is 2. The number of nitrogens with zero attached hydrogens (tertiary/aromatic N) is 1. The lowest BCUT2D eigenvalue weighted by Gasteiger charge is -2.34. The fourth-order valence-corrected chi connectivity index (χ4v) is 5.51. The van der Waals surface area contributed by atoms with Crippen molar-refractivity contribution in [1.82, 2.24) is 0 Å². The summed E-state index contributed by atoms with van der Waals surface area (Å²) >= 11 is 0. The second-order valence-electron chi connectivity index (χ2n) is 11.2. The Morgan fingerprint density at radius 2 is 1.85 bits per heavy atom. The minimum Gasteiger partial charge on any atom is -0.443 e. The molecule has 2 amide bonds. The lowest BCUT2D eigenvalue weighted by atomic mass is 9.76. The van der Waals surface area contributed by atoms with Gasteiger partial charge in [-0.3, -0.25) is 9.69 Å². The van der Waals surface area contributed by atoms with Crippen molar-refractivity contribution in [2.75, 3.05) is 30.0 Å². The zero-order chi connectivity index (χ0) is 23.8. The Morgan fingerprint density at radius 3 is 2.48 bits per heavy atom. The van der Waals surface area contributed by atoms with E-state index in [1.54, 1.807) is 4.90 Å². The van der Waals surface area contributed by atoms with Crippen LogP contribution in [0.3, 0.4) is 0 Å². The number of benzene rings is 1. The van der Waals surface area contributed by atoms with E-state index in [2.05, 4.69) is 18.3 Å². The predicted molar refractivity (Wildman–Crippen MR) is 129 cm³/mol. The Labute approximate surface area is 197 Å². The maximum Gasteiger partial charge on any atom is 0.414 e. The van der Waals surface area contributed by atoms with Crippen LogP contribution < -0.4 is 16.0 Å². The topological polar surface area (TPSA) is 93.9 Å². The monoisotopic (exact) mass is 457 g/mol. The summed E-state index contributed by atoms with van der Waals surface area (Å²) in [6, 6.07) is 5.36. The molecule has 2 aliphatic heterocycles. The number of anilines is 2. The minimum absolute atomic E-state index is 0.137. The summed E-state index contributed by atoms with van der Waals surface area (Å²) in [6.45, 7) is 9.79. The van der Waals surface area contributed by atoms with Gasteiger partial charge in [0.15, 0.2) is 0 Å². The van der Waals surface area contributed by atoms with Crippen LogP contribution in [0, 0.1) is 11.8 Å². The van der Waals surface area contributed by atoms with Crippen LogP contribution in [0.4, 0.5) is 16.2 Å². The molecule has 2 heterocycles. The molecule has 1 aliphatic carbocycles. The fourth-order valence-electron chi connectivity index (χ4n) is 5.51. The van der Waals surface area contributed by atoms with Crippen LogP contribution in [0.25, 0.3) is 0 Å². The average molecular weight is 458 g/mol. The molecule has 4 rings (SSSR count). The molecule has 2 fully saturated rings. The first-order chi connectivity index (χ1) is 15.6. The van der Waals surface area contributed by atoms with Crippen molar-refractivity contribution in [3.8, 4) is 0 Å². The predicted octanol–water partition coefficient (Wildman–Crippen LogP) is 4.58. The number of carbonyl (C=O) groups is 2. The Hall–Kier alpha value is -2.12. The van der Waals surface area contributed by atoms with Crippen molar-refractivity contribution in [2.45, 2.75) is 83.3 Å². The van der Waals surface area contributed by atoms with Gasteiger partial charge >= 0.3 is 6.09 Å². The zero-order valence-corrected chi connectivity index (χ0v) is 20.5. The smallest absolute Gasteiger partial charge is 0.414 e. The lowest BCUT2D eigenvalue weighted by molar-refractivity contribution is -0.118. The molecule has 7 nitrogen and oxygen atoms in total. The Kier molecular flexibility index (Phi) is 6.74. The number of nitrogens with two attached hydrogens (primary N) is 1. The highest BCUT2D eigenvalue weighted by atomic mass is 16.6.